The fraction of sp³-hybridized carbons (Fsp3) is 0.250. The minimum Gasteiger partial charge on any atom is -0.360 e. The van der Waals surface area contributed by atoms with E-state index in [4.69, 9.17) is 0 Å². The molecule has 0 radical (unpaired) electrons. The Morgan fingerprint density at radius 1 is 1.35 bits per heavy atom. The van der Waals surface area contributed by atoms with Crippen molar-refractivity contribution >= 4 is 11.6 Å². The molecule has 0 bridgehead atoms. The van der Waals surface area contributed by atoms with Gasteiger partial charge in [0, 0.05) is 13.2 Å². The smallest absolute Gasteiger partial charge is 0.151 e. The zero-order valence-corrected chi connectivity index (χ0v) is 9.84. The molecule has 5 nitrogen and oxygen atoms in total. The lowest BCUT2D eigenvalue weighted by Crippen LogP contribution is -2.24. The standard InChI is InChI=1S/C12H14N4O/c1-9(17)8-16(2)12-6-5-11(14-15-12)10-4-3-7-13-10/h3-7,13H,8H2,1-2H3. The molecule has 2 rings (SSSR count). The van der Waals surface area contributed by atoms with Gasteiger partial charge in [0.25, 0.3) is 0 Å². The van der Waals surface area contributed by atoms with Crippen LogP contribution in [0.1, 0.15) is 6.92 Å². The van der Waals surface area contributed by atoms with Crippen molar-refractivity contribution in [2.75, 3.05) is 18.5 Å². The minimum atomic E-state index is 0.0998. The van der Waals surface area contributed by atoms with Gasteiger partial charge < -0.3 is 9.88 Å². The summed E-state index contributed by atoms with van der Waals surface area (Å²) in [5.41, 5.74) is 1.72. The number of Topliss-reactive ketones (excluding diaryl/α,β-unsaturated/α-hetero) is 1. The average Bonchev–Trinajstić information content (AvgIpc) is 2.82. The first kappa shape index (κ1) is 11.3. The monoisotopic (exact) mass is 230 g/mol. The van der Waals surface area contributed by atoms with Crippen LogP contribution in [0.2, 0.25) is 0 Å². The summed E-state index contributed by atoms with van der Waals surface area (Å²) in [4.78, 5) is 15.8. The highest BCUT2D eigenvalue weighted by Gasteiger charge is 2.06. The molecule has 0 atom stereocenters. The van der Waals surface area contributed by atoms with Crippen molar-refractivity contribution in [1.29, 1.82) is 0 Å². The number of nitrogens with zero attached hydrogens (tertiary/aromatic N) is 3. The van der Waals surface area contributed by atoms with Gasteiger partial charge in [-0.2, -0.15) is 0 Å². The fourth-order valence-electron chi connectivity index (χ4n) is 1.58. The highest BCUT2D eigenvalue weighted by molar-refractivity contribution is 5.80. The fourth-order valence-corrected chi connectivity index (χ4v) is 1.58. The van der Waals surface area contributed by atoms with Crippen molar-refractivity contribution in [3.63, 3.8) is 0 Å². The van der Waals surface area contributed by atoms with Gasteiger partial charge in [0.05, 0.1) is 12.2 Å². The van der Waals surface area contributed by atoms with Crippen LogP contribution in [-0.4, -0.2) is 34.6 Å². The van der Waals surface area contributed by atoms with E-state index in [0.29, 0.717) is 12.4 Å². The number of aromatic nitrogens is 3. The second-order valence-electron chi connectivity index (χ2n) is 3.92. The molecule has 1 N–H and O–H groups in total. The van der Waals surface area contributed by atoms with E-state index >= 15 is 0 Å². The third-order valence-electron chi connectivity index (χ3n) is 2.38. The van der Waals surface area contributed by atoms with Crippen molar-refractivity contribution < 1.29 is 4.79 Å². The Balaban J connectivity index is 2.15. The van der Waals surface area contributed by atoms with Gasteiger partial charge in [0.1, 0.15) is 11.5 Å². The number of rotatable bonds is 4. The summed E-state index contributed by atoms with van der Waals surface area (Å²) in [6.45, 7) is 1.90. The number of carbonyl (C=O) groups is 1. The first-order valence-electron chi connectivity index (χ1n) is 5.35. The molecule has 0 fully saturated rings. The minimum absolute atomic E-state index is 0.0998. The van der Waals surface area contributed by atoms with E-state index in [1.54, 1.807) is 11.8 Å². The molecule has 2 aromatic heterocycles. The Hall–Kier alpha value is -2.17. The number of hydrogen-bond donors (Lipinski definition) is 1. The van der Waals surface area contributed by atoms with Gasteiger partial charge in [0.15, 0.2) is 5.82 Å². The van der Waals surface area contributed by atoms with Gasteiger partial charge in [-0.25, -0.2) is 0 Å². The van der Waals surface area contributed by atoms with Crippen LogP contribution in [0.3, 0.4) is 0 Å². The maximum absolute atomic E-state index is 11.0. The van der Waals surface area contributed by atoms with E-state index in [2.05, 4.69) is 15.2 Å². The van der Waals surface area contributed by atoms with Gasteiger partial charge in [-0.15, -0.1) is 10.2 Å². The zero-order chi connectivity index (χ0) is 12.3. The van der Waals surface area contributed by atoms with Crippen LogP contribution >= 0.6 is 0 Å². The lowest BCUT2D eigenvalue weighted by Gasteiger charge is -2.15. The van der Waals surface area contributed by atoms with Crippen molar-refractivity contribution in [2.45, 2.75) is 6.92 Å². The molecule has 0 unspecified atom stereocenters. The van der Waals surface area contributed by atoms with E-state index in [1.807, 2.05) is 37.5 Å². The molecule has 88 valence electrons. The Morgan fingerprint density at radius 3 is 2.71 bits per heavy atom. The van der Waals surface area contributed by atoms with Crippen LogP contribution in [0.25, 0.3) is 11.4 Å². The van der Waals surface area contributed by atoms with E-state index in [9.17, 15) is 4.79 Å². The molecular formula is C12H14N4O. The van der Waals surface area contributed by atoms with Gasteiger partial charge in [-0.1, -0.05) is 0 Å². The average molecular weight is 230 g/mol. The molecule has 0 saturated heterocycles. The van der Waals surface area contributed by atoms with Crippen LogP contribution < -0.4 is 4.90 Å². The first-order valence-corrected chi connectivity index (χ1v) is 5.35. The highest BCUT2D eigenvalue weighted by Crippen LogP contribution is 2.15. The Bertz CT molecular complexity index is 490. The van der Waals surface area contributed by atoms with Gasteiger partial charge in [-0.05, 0) is 31.2 Å². The van der Waals surface area contributed by atoms with E-state index < -0.39 is 0 Å². The lowest BCUT2D eigenvalue weighted by molar-refractivity contribution is -0.115. The Labute approximate surface area is 99.5 Å². The molecule has 0 saturated carbocycles. The number of hydrogen-bond acceptors (Lipinski definition) is 4. The number of ketones is 1. The molecule has 2 heterocycles. The van der Waals surface area contributed by atoms with E-state index in [1.165, 1.54) is 0 Å². The van der Waals surface area contributed by atoms with Crippen LogP contribution in [0.15, 0.2) is 30.5 Å². The third kappa shape index (κ3) is 2.69. The summed E-state index contributed by atoms with van der Waals surface area (Å²) in [7, 11) is 1.82. The summed E-state index contributed by atoms with van der Waals surface area (Å²) in [5.74, 6) is 0.790. The largest absolute Gasteiger partial charge is 0.360 e. The van der Waals surface area contributed by atoms with Gasteiger partial charge in [-0.3, -0.25) is 4.79 Å². The number of aromatic amines is 1. The summed E-state index contributed by atoms with van der Waals surface area (Å²) in [5, 5.41) is 8.21. The molecule has 0 amide bonds. The Morgan fingerprint density at radius 2 is 2.18 bits per heavy atom. The second kappa shape index (κ2) is 4.78. The number of carbonyl (C=O) groups excluding carboxylic acids is 1. The van der Waals surface area contributed by atoms with Gasteiger partial charge >= 0.3 is 0 Å². The SMILES string of the molecule is CC(=O)CN(C)c1ccc(-c2ccc[nH]2)nn1. The highest BCUT2D eigenvalue weighted by atomic mass is 16.1. The molecule has 2 aromatic rings. The maximum atomic E-state index is 11.0. The summed E-state index contributed by atoms with van der Waals surface area (Å²) < 4.78 is 0. The zero-order valence-electron chi connectivity index (χ0n) is 9.84. The molecule has 0 aliphatic rings. The normalized spacial score (nSPS) is 10.2. The number of anilines is 1. The maximum Gasteiger partial charge on any atom is 0.151 e. The number of nitrogens with one attached hydrogen (secondary N) is 1. The van der Waals surface area contributed by atoms with Crippen LogP contribution in [0, 0.1) is 0 Å². The lowest BCUT2D eigenvalue weighted by atomic mass is 10.3. The van der Waals surface area contributed by atoms with Gasteiger partial charge in [0.2, 0.25) is 0 Å². The van der Waals surface area contributed by atoms with Crippen molar-refractivity contribution in [3.8, 4) is 11.4 Å². The van der Waals surface area contributed by atoms with Crippen molar-refractivity contribution in [3.05, 3.63) is 30.5 Å². The van der Waals surface area contributed by atoms with Crippen LogP contribution in [0.5, 0.6) is 0 Å². The number of H-pyrrole nitrogens is 1. The Kier molecular flexibility index (Phi) is 3.18. The van der Waals surface area contributed by atoms with E-state index in [-0.39, 0.29) is 5.78 Å². The summed E-state index contributed by atoms with van der Waals surface area (Å²) in [6.07, 6.45) is 1.84. The van der Waals surface area contributed by atoms with E-state index in [0.717, 1.165) is 11.4 Å². The molecule has 0 aromatic carbocycles. The molecule has 5 heteroatoms. The summed E-state index contributed by atoms with van der Waals surface area (Å²) >= 11 is 0. The molecule has 0 aliphatic carbocycles. The topological polar surface area (TPSA) is 61.9 Å². The van der Waals surface area contributed by atoms with Crippen molar-refractivity contribution in [1.82, 2.24) is 15.2 Å². The molecule has 0 spiro atoms. The third-order valence-corrected chi connectivity index (χ3v) is 2.38. The predicted octanol–water partition coefficient (Wildman–Crippen LogP) is 1.50. The van der Waals surface area contributed by atoms with Crippen molar-refractivity contribution in [2.24, 2.45) is 0 Å². The first-order chi connectivity index (χ1) is 8.16. The number of likely N-dealkylation sites (N-methyl/N-ethyl adjacent to an activating group) is 1. The van der Waals surface area contributed by atoms with Crippen LogP contribution in [0.4, 0.5) is 5.82 Å². The molecule has 17 heavy (non-hydrogen) atoms. The summed E-state index contributed by atoms with van der Waals surface area (Å²) in [6, 6.07) is 7.58. The van der Waals surface area contributed by atoms with Crippen LogP contribution in [-0.2, 0) is 4.79 Å². The molecular weight excluding hydrogens is 216 g/mol. The quantitative estimate of drug-likeness (QED) is 0.864. The predicted molar refractivity (Wildman–Crippen MR) is 65.8 cm³/mol. The molecule has 0 aliphatic heterocycles. The second-order valence-corrected chi connectivity index (χ2v) is 3.92.